The van der Waals surface area contributed by atoms with Crippen LogP contribution in [-0.4, -0.2) is 24.2 Å². The minimum Gasteiger partial charge on any atom is -0.478 e. The zero-order valence-electron chi connectivity index (χ0n) is 16.6. The van der Waals surface area contributed by atoms with E-state index in [1.165, 1.54) is 12.7 Å². The Labute approximate surface area is 175 Å². The van der Waals surface area contributed by atoms with Crippen molar-refractivity contribution in [1.82, 2.24) is 0 Å². The first kappa shape index (κ1) is 23.1. The van der Waals surface area contributed by atoms with E-state index in [9.17, 15) is 9.59 Å². The number of benzene rings is 2. The topological polar surface area (TPSA) is 63.6 Å². The predicted molar refractivity (Wildman–Crippen MR) is 117 cm³/mol. The van der Waals surface area contributed by atoms with Crippen molar-refractivity contribution in [3.05, 3.63) is 67.3 Å². The maximum Gasteiger partial charge on any atom is 0.338 e. The third kappa shape index (κ3) is 6.34. The van der Waals surface area contributed by atoms with E-state index in [0.717, 1.165) is 39.5 Å². The molecular weight excluding hydrogens is 455 g/mol. The number of carbonyl (C=O) groups is 2. The summed E-state index contributed by atoms with van der Waals surface area (Å²) >= 11 is 2.26. The Kier molecular flexibility index (Phi) is 9.49. The maximum absolute atomic E-state index is 11.5. The number of hydrogen-bond donors (Lipinski definition) is 1. The summed E-state index contributed by atoms with van der Waals surface area (Å²) in [6.07, 6.45) is 2.62. The lowest BCUT2D eigenvalue weighted by molar-refractivity contribution is 0.0598. The van der Waals surface area contributed by atoms with Gasteiger partial charge in [0.05, 0.1) is 18.2 Å². The van der Waals surface area contributed by atoms with E-state index in [0.29, 0.717) is 11.1 Å². The predicted octanol–water partition coefficient (Wildman–Crippen LogP) is 5.46. The highest BCUT2D eigenvalue weighted by molar-refractivity contribution is 14.1. The van der Waals surface area contributed by atoms with Crippen LogP contribution in [0.15, 0.2) is 30.3 Å². The second-order valence-electron chi connectivity index (χ2n) is 6.12. The largest absolute Gasteiger partial charge is 0.478 e. The summed E-state index contributed by atoms with van der Waals surface area (Å²) in [5, 5.41) is 8.79. The molecule has 0 amide bonds. The first-order valence-corrected chi connectivity index (χ1v) is 10.1. The SMILES string of the molecule is CCc1cc(C)ccc1C(=O)O.CCc1cc(CC)c(C(=O)OC)cc1I. The minimum absolute atomic E-state index is 0.243. The highest BCUT2D eigenvalue weighted by atomic mass is 127. The number of carboxylic acid groups (broad SMARTS) is 1. The quantitative estimate of drug-likeness (QED) is 0.454. The molecule has 27 heavy (non-hydrogen) atoms. The number of carboxylic acids is 1. The summed E-state index contributed by atoms with van der Waals surface area (Å²) in [6.45, 7) is 8.09. The van der Waals surface area contributed by atoms with Crippen LogP contribution in [0.1, 0.15) is 63.7 Å². The van der Waals surface area contributed by atoms with Gasteiger partial charge >= 0.3 is 11.9 Å². The van der Waals surface area contributed by atoms with Gasteiger partial charge in [0.2, 0.25) is 0 Å². The molecule has 0 unspecified atom stereocenters. The maximum atomic E-state index is 11.5. The number of aromatic carboxylic acids is 1. The van der Waals surface area contributed by atoms with Crippen LogP contribution < -0.4 is 0 Å². The fourth-order valence-electron chi connectivity index (χ4n) is 2.76. The van der Waals surface area contributed by atoms with Gasteiger partial charge in [-0.25, -0.2) is 9.59 Å². The van der Waals surface area contributed by atoms with Gasteiger partial charge in [0, 0.05) is 3.57 Å². The van der Waals surface area contributed by atoms with Crippen LogP contribution in [0.2, 0.25) is 0 Å². The average molecular weight is 482 g/mol. The molecular formula is C22H27IO4. The average Bonchev–Trinajstić information content (AvgIpc) is 2.67. The molecule has 0 heterocycles. The zero-order chi connectivity index (χ0) is 20.6. The monoisotopic (exact) mass is 482 g/mol. The van der Waals surface area contributed by atoms with Crippen molar-refractivity contribution in [2.75, 3.05) is 7.11 Å². The van der Waals surface area contributed by atoms with Crippen LogP contribution in [0.5, 0.6) is 0 Å². The normalized spacial score (nSPS) is 10.0. The van der Waals surface area contributed by atoms with Crippen LogP contribution in [0.25, 0.3) is 0 Å². The van der Waals surface area contributed by atoms with Gasteiger partial charge in [-0.2, -0.15) is 0 Å². The Balaban J connectivity index is 0.000000277. The zero-order valence-corrected chi connectivity index (χ0v) is 18.7. The third-order valence-electron chi connectivity index (χ3n) is 4.31. The highest BCUT2D eigenvalue weighted by Crippen LogP contribution is 2.21. The number of esters is 1. The molecule has 2 rings (SSSR count). The van der Waals surface area contributed by atoms with Crippen LogP contribution in [0.4, 0.5) is 0 Å². The molecule has 0 atom stereocenters. The second-order valence-corrected chi connectivity index (χ2v) is 7.28. The summed E-state index contributed by atoms with van der Waals surface area (Å²) < 4.78 is 5.90. The molecule has 0 bridgehead atoms. The number of hydrogen-bond acceptors (Lipinski definition) is 3. The standard InChI is InChI=1S/C12H15IO2.C10H12O2/c1-4-8-6-9(5-2)11(13)7-10(8)12(14)15-3;1-3-8-6-7(2)4-5-9(8)10(11)12/h6-7H,4-5H2,1-3H3;4-6H,3H2,1-2H3,(H,11,12). The van der Waals surface area contributed by atoms with E-state index >= 15 is 0 Å². The Morgan fingerprint density at radius 2 is 1.48 bits per heavy atom. The molecule has 2 aromatic carbocycles. The van der Waals surface area contributed by atoms with E-state index in [1.807, 2.05) is 39.0 Å². The summed E-state index contributed by atoms with van der Waals surface area (Å²) in [5.74, 6) is -1.08. The molecule has 0 aliphatic heterocycles. The van der Waals surface area contributed by atoms with Crippen molar-refractivity contribution in [2.45, 2.75) is 47.0 Å². The lowest BCUT2D eigenvalue weighted by Crippen LogP contribution is -2.07. The first-order chi connectivity index (χ1) is 12.8. The van der Waals surface area contributed by atoms with Gasteiger partial charge in [-0.1, -0.05) is 44.5 Å². The number of halogens is 1. The molecule has 0 saturated carbocycles. The summed E-state index contributed by atoms with van der Waals surface area (Å²) in [7, 11) is 1.42. The van der Waals surface area contributed by atoms with Crippen LogP contribution in [0, 0.1) is 10.5 Å². The van der Waals surface area contributed by atoms with Crippen molar-refractivity contribution in [1.29, 1.82) is 0 Å². The molecule has 0 saturated heterocycles. The summed E-state index contributed by atoms with van der Waals surface area (Å²) in [6, 6.07) is 9.43. The lowest BCUT2D eigenvalue weighted by atomic mass is 10.0. The molecule has 0 aromatic heterocycles. The van der Waals surface area contributed by atoms with Crippen molar-refractivity contribution in [2.24, 2.45) is 0 Å². The molecule has 0 aliphatic rings. The van der Waals surface area contributed by atoms with Crippen molar-refractivity contribution < 1.29 is 19.4 Å². The molecule has 0 spiro atoms. The van der Waals surface area contributed by atoms with Crippen molar-refractivity contribution in [3.8, 4) is 0 Å². The molecule has 5 heteroatoms. The number of ether oxygens (including phenoxy) is 1. The van der Waals surface area contributed by atoms with Crippen molar-refractivity contribution >= 4 is 34.5 Å². The van der Waals surface area contributed by atoms with E-state index < -0.39 is 5.97 Å². The van der Waals surface area contributed by atoms with Crippen LogP contribution in [0.3, 0.4) is 0 Å². The highest BCUT2D eigenvalue weighted by Gasteiger charge is 2.13. The summed E-state index contributed by atoms with van der Waals surface area (Å²) in [5.41, 5.74) is 5.49. The van der Waals surface area contributed by atoms with Gasteiger partial charge in [-0.15, -0.1) is 0 Å². The van der Waals surface area contributed by atoms with E-state index in [4.69, 9.17) is 9.84 Å². The van der Waals surface area contributed by atoms with Gasteiger partial charge < -0.3 is 9.84 Å². The Morgan fingerprint density at radius 3 is 1.96 bits per heavy atom. The number of carbonyl (C=O) groups excluding carboxylic acids is 1. The van der Waals surface area contributed by atoms with Crippen LogP contribution >= 0.6 is 22.6 Å². The van der Waals surface area contributed by atoms with E-state index in [1.54, 1.807) is 6.07 Å². The lowest BCUT2D eigenvalue weighted by Gasteiger charge is -2.10. The van der Waals surface area contributed by atoms with Crippen molar-refractivity contribution in [3.63, 3.8) is 0 Å². The van der Waals surface area contributed by atoms with Gasteiger partial charge in [0.15, 0.2) is 0 Å². The fraction of sp³-hybridized carbons (Fsp3) is 0.364. The number of methoxy groups -OCH3 is 1. The molecule has 0 aliphatic carbocycles. The minimum atomic E-state index is -0.841. The van der Waals surface area contributed by atoms with Gasteiger partial charge in [-0.3, -0.25) is 0 Å². The third-order valence-corrected chi connectivity index (χ3v) is 5.32. The Hall–Kier alpha value is -1.89. The van der Waals surface area contributed by atoms with E-state index in [2.05, 4.69) is 35.6 Å². The first-order valence-electron chi connectivity index (χ1n) is 9.01. The second kappa shape index (κ2) is 11.1. The molecule has 1 N–H and O–H groups in total. The number of rotatable bonds is 5. The Morgan fingerprint density at radius 1 is 0.926 bits per heavy atom. The number of aryl methyl sites for hydroxylation is 4. The van der Waals surface area contributed by atoms with Gasteiger partial charge in [0.1, 0.15) is 0 Å². The Bertz CT molecular complexity index is 812. The van der Waals surface area contributed by atoms with E-state index in [-0.39, 0.29) is 5.97 Å². The van der Waals surface area contributed by atoms with Gasteiger partial charge in [0.25, 0.3) is 0 Å². The molecule has 0 radical (unpaired) electrons. The molecule has 0 fully saturated rings. The molecule has 146 valence electrons. The van der Waals surface area contributed by atoms with Gasteiger partial charge in [-0.05, 0) is 77.6 Å². The smallest absolute Gasteiger partial charge is 0.338 e. The molecule has 4 nitrogen and oxygen atoms in total. The van der Waals surface area contributed by atoms with Crippen LogP contribution in [-0.2, 0) is 24.0 Å². The summed E-state index contributed by atoms with van der Waals surface area (Å²) in [4.78, 5) is 22.2. The fourth-order valence-corrected chi connectivity index (χ4v) is 3.60. The molecule has 2 aromatic rings.